The molecular formula is C16H11F3OS. The summed E-state index contributed by atoms with van der Waals surface area (Å²) in [5, 5.41) is 13.2. The lowest BCUT2D eigenvalue weighted by molar-refractivity contribution is -0.137. The van der Waals surface area contributed by atoms with E-state index in [9.17, 15) is 18.3 Å². The summed E-state index contributed by atoms with van der Waals surface area (Å²) < 4.78 is 38.7. The van der Waals surface area contributed by atoms with Crippen LogP contribution in [0.25, 0.3) is 10.1 Å². The maximum Gasteiger partial charge on any atom is 0.416 e. The van der Waals surface area contributed by atoms with Crippen LogP contribution in [0.5, 0.6) is 0 Å². The van der Waals surface area contributed by atoms with Crippen molar-refractivity contribution in [3.8, 4) is 0 Å². The van der Waals surface area contributed by atoms with Crippen LogP contribution in [0.3, 0.4) is 0 Å². The van der Waals surface area contributed by atoms with Crippen molar-refractivity contribution in [2.45, 2.75) is 12.3 Å². The molecule has 0 aliphatic heterocycles. The Kier molecular flexibility index (Phi) is 3.47. The normalized spacial score (nSPS) is 13.5. The van der Waals surface area contributed by atoms with Gasteiger partial charge in [-0.2, -0.15) is 13.2 Å². The van der Waals surface area contributed by atoms with Gasteiger partial charge in [-0.25, -0.2) is 0 Å². The van der Waals surface area contributed by atoms with Crippen LogP contribution in [0.4, 0.5) is 13.2 Å². The minimum absolute atomic E-state index is 0.451. The molecule has 3 aromatic rings. The maximum absolute atomic E-state index is 12.5. The first-order chi connectivity index (χ1) is 9.97. The maximum atomic E-state index is 12.5. The topological polar surface area (TPSA) is 20.2 Å². The van der Waals surface area contributed by atoms with Crippen molar-refractivity contribution >= 4 is 21.4 Å². The molecule has 1 nitrogen and oxygen atoms in total. The molecule has 1 heterocycles. The second-order valence-corrected chi connectivity index (χ2v) is 5.62. The number of aliphatic hydroxyl groups excluding tert-OH is 1. The highest BCUT2D eigenvalue weighted by atomic mass is 32.1. The van der Waals surface area contributed by atoms with Crippen molar-refractivity contribution < 1.29 is 18.3 Å². The van der Waals surface area contributed by atoms with Crippen LogP contribution in [-0.2, 0) is 6.18 Å². The lowest BCUT2D eigenvalue weighted by Gasteiger charge is -2.12. The zero-order chi connectivity index (χ0) is 15.0. The van der Waals surface area contributed by atoms with Crippen molar-refractivity contribution in [3.63, 3.8) is 0 Å². The summed E-state index contributed by atoms with van der Waals surface area (Å²) in [5.74, 6) is 0. The molecule has 3 rings (SSSR count). The highest BCUT2D eigenvalue weighted by Crippen LogP contribution is 2.35. The average molecular weight is 308 g/mol. The van der Waals surface area contributed by atoms with E-state index in [4.69, 9.17) is 0 Å². The summed E-state index contributed by atoms with van der Waals surface area (Å²) in [7, 11) is 0. The van der Waals surface area contributed by atoms with E-state index in [0.29, 0.717) is 5.56 Å². The second-order valence-electron chi connectivity index (χ2n) is 4.71. The first-order valence-corrected chi connectivity index (χ1v) is 7.16. The Labute approximate surface area is 123 Å². The number of benzene rings is 2. The number of hydrogen-bond acceptors (Lipinski definition) is 2. The molecule has 0 saturated heterocycles. The molecule has 0 fully saturated rings. The first-order valence-electron chi connectivity index (χ1n) is 6.28. The summed E-state index contributed by atoms with van der Waals surface area (Å²) >= 11 is 1.50. The largest absolute Gasteiger partial charge is 0.416 e. The zero-order valence-electron chi connectivity index (χ0n) is 10.8. The molecule has 5 heteroatoms. The summed E-state index contributed by atoms with van der Waals surface area (Å²) in [5.41, 5.74) is 0.454. The Morgan fingerprint density at radius 1 is 0.952 bits per heavy atom. The summed E-state index contributed by atoms with van der Waals surface area (Å²) in [6.07, 6.45) is -5.29. The first kappa shape index (κ1) is 14.1. The third-order valence-corrected chi connectivity index (χ3v) is 4.34. The van der Waals surface area contributed by atoms with E-state index in [1.807, 2.05) is 29.6 Å². The van der Waals surface area contributed by atoms with Gasteiger partial charge in [-0.3, -0.25) is 0 Å². The van der Waals surface area contributed by atoms with Gasteiger partial charge in [0.05, 0.1) is 5.56 Å². The van der Waals surface area contributed by atoms with E-state index in [1.54, 1.807) is 0 Å². The van der Waals surface area contributed by atoms with Gasteiger partial charge < -0.3 is 5.11 Å². The molecule has 0 bridgehead atoms. The van der Waals surface area contributed by atoms with E-state index in [-0.39, 0.29) is 0 Å². The van der Waals surface area contributed by atoms with Gasteiger partial charge in [0.2, 0.25) is 0 Å². The molecule has 0 aliphatic rings. The van der Waals surface area contributed by atoms with Crippen LogP contribution in [0.2, 0.25) is 0 Å². The second kappa shape index (κ2) is 5.16. The van der Waals surface area contributed by atoms with Gasteiger partial charge >= 0.3 is 6.18 Å². The molecule has 0 amide bonds. The standard InChI is InChI=1S/C16H11F3OS/c17-16(18,19)11-7-5-10(6-8-11)15(20)13-9-21-14-4-2-1-3-12(13)14/h1-9,15,20H. The van der Waals surface area contributed by atoms with E-state index in [0.717, 1.165) is 27.8 Å². The highest BCUT2D eigenvalue weighted by Gasteiger charge is 2.30. The van der Waals surface area contributed by atoms with Crippen LogP contribution in [0.15, 0.2) is 53.9 Å². The molecule has 1 aromatic heterocycles. The van der Waals surface area contributed by atoms with E-state index in [1.165, 1.54) is 23.5 Å². The van der Waals surface area contributed by atoms with Crippen molar-refractivity contribution in [2.24, 2.45) is 0 Å². The molecule has 0 radical (unpaired) electrons. The number of thiophene rings is 1. The van der Waals surface area contributed by atoms with Gasteiger partial charge in [0.15, 0.2) is 0 Å². The molecular weight excluding hydrogens is 297 g/mol. The molecule has 0 spiro atoms. The Hall–Kier alpha value is -1.85. The molecule has 108 valence electrons. The SMILES string of the molecule is OC(c1ccc(C(F)(F)F)cc1)c1csc2ccccc12. The lowest BCUT2D eigenvalue weighted by atomic mass is 10.00. The fourth-order valence-corrected chi connectivity index (χ4v) is 3.22. The van der Waals surface area contributed by atoms with E-state index in [2.05, 4.69) is 0 Å². The minimum Gasteiger partial charge on any atom is -0.384 e. The zero-order valence-corrected chi connectivity index (χ0v) is 11.6. The van der Waals surface area contributed by atoms with Gasteiger partial charge in [-0.15, -0.1) is 11.3 Å². The molecule has 0 saturated carbocycles. The molecule has 0 aliphatic carbocycles. The fourth-order valence-electron chi connectivity index (χ4n) is 2.24. The molecule has 1 unspecified atom stereocenters. The number of rotatable bonds is 2. The van der Waals surface area contributed by atoms with Gasteiger partial charge in [0, 0.05) is 10.3 Å². The lowest BCUT2D eigenvalue weighted by Crippen LogP contribution is -2.05. The number of alkyl halides is 3. The molecule has 21 heavy (non-hydrogen) atoms. The summed E-state index contributed by atoms with van der Waals surface area (Å²) in [6, 6.07) is 12.3. The predicted molar refractivity (Wildman–Crippen MR) is 77.3 cm³/mol. The van der Waals surface area contributed by atoms with Crippen molar-refractivity contribution in [2.75, 3.05) is 0 Å². The quantitative estimate of drug-likeness (QED) is 0.706. The van der Waals surface area contributed by atoms with Crippen LogP contribution in [-0.4, -0.2) is 5.11 Å². The van der Waals surface area contributed by atoms with Gasteiger partial charge in [-0.05, 0) is 34.5 Å². The van der Waals surface area contributed by atoms with Crippen LogP contribution in [0, 0.1) is 0 Å². The molecule has 1 atom stereocenters. The fraction of sp³-hybridized carbons (Fsp3) is 0.125. The third-order valence-electron chi connectivity index (χ3n) is 3.36. The molecule has 1 N–H and O–H groups in total. The third kappa shape index (κ3) is 2.66. The van der Waals surface area contributed by atoms with Crippen LogP contribution >= 0.6 is 11.3 Å². The Bertz CT molecular complexity index is 759. The smallest absolute Gasteiger partial charge is 0.384 e. The van der Waals surface area contributed by atoms with Crippen molar-refractivity contribution in [1.29, 1.82) is 0 Å². The summed E-state index contributed by atoms with van der Waals surface area (Å²) in [6.45, 7) is 0. The number of aliphatic hydroxyl groups is 1. The van der Waals surface area contributed by atoms with Crippen LogP contribution < -0.4 is 0 Å². The Morgan fingerprint density at radius 3 is 2.29 bits per heavy atom. The van der Waals surface area contributed by atoms with Gasteiger partial charge in [0.1, 0.15) is 6.10 Å². The Morgan fingerprint density at radius 2 is 1.62 bits per heavy atom. The monoisotopic (exact) mass is 308 g/mol. The number of hydrogen-bond donors (Lipinski definition) is 1. The van der Waals surface area contributed by atoms with Gasteiger partial charge in [-0.1, -0.05) is 30.3 Å². The summed E-state index contributed by atoms with van der Waals surface area (Å²) in [4.78, 5) is 0. The Balaban J connectivity index is 1.97. The highest BCUT2D eigenvalue weighted by molar-refractivity contribution is 7.17. The van der Waals surface area contributed by atoms with Gasteiger partial charge in [0.25, 0.3) is 0 Å². The average Bonchev–Trinajstić information content (AvgIpc) is 2.90. The van der Waals surface area contributed by atoms with E-state index < -0.39 is 17.8 Å². The van der Waals surface area contributed by atoms with Crippen LogP contribution in [0.1, 0.15) is 22.8 Å². The minimum atomic E-state index is -4.36. The molecule has 2 aromatic carbocycles. The van der Waals surface area contributed by atoms with Crippen molar-refractivity contribution in [1.82, 2.24) is 0 Å². The van der Waals surface area contributed by atoms with E-state index >= 15 is 0 Å². The number of fused-ring (bicyclic) bond motifs is 1. The number of halogens is 3. The predicted octanol–water partition coefficient (Wildman–Crippen LogP) is 5.00. The van der Waals surface area contributed by atoms with Crippen molar-refractivity contribution in [3.05, 3.63) is 70.6 Å².